The number of nitrogens with zero attached hydrogens (tertiary/aromatic N) is 1. The Kier molecular flexibility index (Phi) is 8.02. The Morgan fingerprint density at radius 1 is 0.810 bits per heavy atom. The van der Waals surface area contributed by atoms with Gasteiger partial charge in [-0.1, -0.05) is 52.3 Å². The van der Waals surface area contributed by atoms with Crippen LogP contribution < -0.4 is 0 Å². The summed E-state index contributed by atoms with van der Waals surface area (Å²) in [6, 6.07) is 17.4. The van der Waals surface area contributed by atoms with Crippen molar-refractivity contribution in [2.24, 2.45) is 0 Å². The van der Waals surface area contributed by atoms with Crippen LogP contribution in [0, 0.1) is 0 Å². The summed E-state index contributed by atoms with van der Waals surface area (Å²) in [5, 5.41) is 0. The summed E-state index contributed by atoms with van der Waals surface area (Å²) in [5.41, 5.74) is 3.99. The van der Waals surface area contributed by atoms with E-state index in [1.165, 1.54) is 42.5 Å². The molecule has 1 nitrogen and oxygen atoms in total. The van der Waals surface area contributed by atoms with Gasteiger partial charge in [0.2, 0.25) is 0 Å². The number of hydrogen-bond acceptors (Lipinski definition) is 1. The molecule has 3 heteroatoms. The van der Waals surface area contributed by atoms with Crippen LogP contribution in [0.1, 0.15) is 18.4 Å². The van der Waals surface area contributed by atoms with Crippen LogP contribution in [0.2, 0.25) is 0 Å². The highest BCUT2D eigenvalue weighted by molar-refractivity contribution is 9.10. The van der Waals surface area contributed by atoms with Crippen molar-refractivity contribution in [3.05, 3.63) is 58.6 Å². The Labute approximate surface area is 142 Å². The zero-order valence-electron chi connectivity index (χ0n) is 12.7. The monoisotopic (exact) mass is 367 g/mol. The molecule has 0 heterocycles. The molecule has 2 aromatic rings. The van der Waals surface area contributed by atoms with Gasteiger partial charge in [-0.05, 0) is 68.7 Å². The fourth-order valence-electron chi connectivity index (χ4n) is 2.26. The van der Waals surface area contributed by atoms with E-state index in [0.29, 0.717) is 0 Å². The van der Waals surface area contributed by atoms with Crippen molar-refractivity contribution < 1.29 is 0 Å². The third-order valence-corrected chi connectivity index (χ3v) is 3.98. The summed E-state index contributed by atoms with van der Waals surface area (Å²) in [6.07, 6.45) is 3.70. The average Bonchev–Trinajstić information content (AvgIpc) is 2.45. The topological polar surface area (TPSA) is 3.24 Å². The second kappa shape index (κ2) is 9.24. The van der Waals surface area contributed by atoms with E-state index in [0.717, 1.165) is 4.47 Å². The van der Waals surface area contributed by atoms with Crippen molar-refractivity contribution in [3.8, 4) is 11.1 Å². The summed E-state index contributed by atoms with van der Waals surface area (Å²) in [6.45, 7) is 1.18. The second-order valence-corrected chi connectivity index (χ2v) is 6.38. The van der Waals surface area contributed by atoms with E-state index in [4.69, 9.17) is 0 Å². The first-order valence-corrected chi connectivity index (χ1v) is 7.94. The predicted molar refractivity (Wildman–Crippen MR) is 98.3 cm³/mol. The van der Waals surface area contributed by atoms with Gasteiger partial charge < -0.3 is 4.90 Å². The first kappa shape index (κ1) is 18.2. The van der Waals surface area contributed by atoms with Crippen LogP contribution in [0.3, 0.4) is 0 Å². The molecule has 0 aliphatic heterocycles. The molecule has 0 aliphatic carbocycles. The van der Waals surface area contributed by atoms with Gasteiger partial charge in [-0.15, -0.1) is 12.4 Å². The number of rotatable bonds is 6. The Morgan fingerprint density at radius 3 is 1.86 bits per heavy atom. The molecule has 21 heavy (non-hydrogen) atoms. The van der Waals surface area contributed by atoms with Crippen LogP contribution in [-0.4, -0.2) is 25.5 Å². The summed E-state index contributed by atoms with van der Waals surface area (Å²) >= 11 is 3.47. The lowest BCUT2D eigenvalue weighted by Crippen LogP contribution is -2.12. The zero-order valence-corrected chi connectivity index (χ0v) is 15.1. The highest BCUT2D eigenvalue weighted by atomic mass is 79.9. The maximum atomic E-state index is 3.47. The van der Waals surface area contributed by atoms with Gasteiger partial charge in [-0.25, -0.2) is 0 Å². The molecule has 2 rings (SSSR count). The van der Waals surface area contributed by atoms with Crippen LogP contribution in [-0.2, 0) is 6.42 Å². The second-order valence-electron chi connectivity index (χ2n) is 5.46. The summed E-state index contributed by atoms with van der Waals surface area (Å²) in [7, 11) is 4.26. The van der Waals surface area contributed by atoms with Crippen molar-refractivity contribution in [2.75, 3.05) is 20.6 Å². The maximum Gasteiger partial charge on any atom is 0.0175 e. The minimum absolute atomic E-state index is 0. The number of benzene rings is 2. The van der Waals surface area contributed by atoms with Crippen LogP contribution >= 0.6 is 28.3 Å². The van der Waals surface area contributed by atoms with Gasteiger partial charge >= 0.3 is 0 Å². The van der Waals surface area contributed by atoms with Gasteiger partial charge in [0.1, 0.15) is 0 Å². The van der Waals surface area contributed by atoms with Crippen molar-refractivity contribution in [1.82, 2.24) is 4.90 Å². The molecule has 114 valence electrons. The lowest BCUT2D eigenvalue weighted by Gasteiger charge is -2.09. The van der Waals surface area contributed by atoms with Gasteiger partial charge in [0.05, 0.1) is 0 Å². The van der Waals surface area contributed by atoms with Crippen LogP contribution in [0.5, 0.6) is 0 Å². The van der Waals surface area contributed by atoms with E-state index in [-0.39, 0.29) is 12.4 Å². The maximum absolute atomic E-state index is 3.47. The van der Waals surface area contributed by atoms with Gasteiger partial charge in [0.15, 0.2) is 0 Å². The molecule has 0 spiro atoms. The molecule has 0 saturated carbocycles. The lowest BCUT2D eigenvalue weighted by atomic mass is 10.0. The Morgan fingerprint density at radius 2 is 1.33 bits per heavy atom. The zero-order chi connectivity index (χ0) is 14.4. The summed E-state index contributed by atoms with van der Waals surface area (Å²) < 4.78 is 1.12. The van der Waals surface area contributed by atoms with Gasteiger partial charge in [0.25, 0.3) is 0 Å². The van der Waals surface area contributed by atoms with Crippen LogP contribution in [0.25, 0.3) is 11.1 Å². The number of halogens is 2. The molecule has 0 unspecified atom stereocenters. The van der Waals surface area contributed by atoms with Crippen molar-refractivity contribution in [1.29, 1.82) is 0 Å². The highest BCUT2D eigenvalue weighted by Gasteiger charge is 1.99. The van der Waals surface area contributed by atoms with Gasteiger partial charge in [0, 0.05) is 4.47 Å². The lowest BCUT2D eigenvalue weighted by molar-refractivity contribution is 0.394. The molecule has 0 aliphatic rings. The third-order valence-electron chi connectivity index (χ3n) is 3.45. The smallest absolute Gasteiger partial charge is 0.0175 e. The molecule has 0 N–H and O–H groups in total. The number of hydrogen-bond donors (Lipinski definition) is 0. The Hall–Kier alpha value is -0.830. The molecule has 0 bridgehead atoms. The molecule has 0 atom stereocenters. The molecule has 2 aromatic carbocycles. The van der Waals surface area contributed by atoms with E-state index >= 15 is 0 Å². The van der Waals surface area contributed by atoms with Crippen molar-refractivity contribution >= 4 is 28.3 Å². The van der Waals surface area contributed by atoms with E-state index in [1.54, 1.807) is 0 Å². The predicted octanol–water partition coefficient (Wildman–Crippen LogP) is 5.42. The first-order chi connectivity index (χ1) is 9.65. The Bertz CT molecular complexity index is 520. The molecule has 0 amide bonds. The van der Waals surface area contributed by atoms with E-state index in [9.17, 15) is 0 Å². The molecule has 0 aromatic heterocycles. The van der Waals surface area contributed by atoms with Crippen LogP contribution in [0.15, 0.2) is 53.0 Å². The van der Waals surface area contributed by atoms with E-state index in [2.05, 4.69) is 83.5 Å². The van der Waals surface area contributed by atoms with E-state index in [1.807, 2.05) is 0 Å². The van der Waals surface area contributed by atoms with Crippen LogP contribution in [0.4, 0.5) is 0 Å². The number of unbranched alkanes of at least 4 members (excludes halogenated alkanes) is 1. The molecular formula is C18H23BrClN. The number of aryl methyl sites for hydroxylation is 1. The average molecular weight is 369 g/mol. The molecular weight excluding hydrogens is 346 g/mol. The standard InChI is InChI=1S/C18H22BrN.ClH/c1-20(2)14-4-3-5-15-6-8-16(9-7-15)17-10-12-18(19)13-11-17;/h6-13H,3-5,14H2,1-2H3;1H. The SMILES string of the molecule is CN(C)CCCCc1ccc(-c2ccc(Br)cc2)cc1.Cl. The fraction of sp³-hybridized carbons (Fsp3) is 0.333. The van der Waals surface area contributed by atoms with Crippen molar-refractivity contribution in [2.45, 2.75) is 19.3 Å². The van der Waals surface area contributed by atoms with Gasteiger partial charge in [-0.3, -0.25) is 0 Å². The summed E-state index contributed by atoms with van der Waals surface area (Å²) in [5.74, 6) is 0. The van der Waals surface area contributed by atoms with E-state index < -0.39 is 0 Å². The first-order valence-electron chi connectivity index (χ1n) is 7.15. The quantitative estimate of drug-likeness (QED) is 0.615. The fourth-order valence-corrected chi connectivity index (χ4v) is 2.53. The van der Waals surface area contributed by atoms with Crippen molar-refractivity contribution in [3.63, 3.8) is 0 Å². The minimum atomic E-state index is 0. The minimum Gasteiger partial charge on any atom is -0.309 e. The molecule has 0 fully saturated rings. The summed E-state index contributed by atoms with van der Waals surface area (Å²) in [4.78, 5) is 2.25. The van der Waals surface area contributed by atoms with Gasteiger partial charge in [-0.2, -0.15) is 0 Å². The molecule has 0 radical (unpaired) electrons. The largest absolute Gasteiger partial charge is 0.309 e. The normalized spacial score (nSPS) is 10.5. The molecule has 0 saturated heterocycles. The third kappa shape index (κ3) is 6.21. The highest BCUT2D eigenvalue weighted by Crippen LogP contribution is 2.22. The Balaban J connectivity index is 0.00000220.